The molecule has 0 unspecified atom stereocenters. The van der Waals surface area contributed by atoms with Crippen molar-refractivity contribution < 1.29 is 4.42 Å². The highest BCUT2D eigenvalue weighted by Crippen LogP contribution is 2.12. The molecule has 0 bridgehead atoms. The van der Waals surface area contributed by atoms with E-state index in [1.807, 2.05) is 12.1 Å². The number of rotatable bonds is 4. The summed E-state index contributed by atoms with van der Waals surface area (Å²) in [6, 6.07) is 12.3. The topological polar surface area (TPSA) is 25.2 Å². The monoisotopic (exact) mass is 201 g/mol. The zero-order valence-electron chi connectivity index (χ0n) is 8.86. The number of hydrogen-bond acceptors (Lipinski definition) is 2. The van der Waals surface area contributed by atoms with E-state index in [0.29, 0.717) is 0 Å². The number of nitrogens with one attached hydrogen (secondary N) is 1. The highest BCUT2D eigenvalue weighted by Gasteiger charge is 1.96. The van der Waals surface area contributed by atoms with Crippen molar-refractivity contribution in [3.05, 3.63) is 54.0 Å². The fourth-order valence-corrected chi connectivity index (χ4v) is 1.50. The summed E-state index contributed by atoms with van der Waals surface area (Å²) in [4.78, 5) is 0. The lowest BCUT2D eigenvalue weighted by atomic mass is 10.1. The molecule has 0 spiro atoms. The number of benzene rings is 1. The largest absolute Gasteiger partial charge is 0.467 e. The van der Waals surface area contributed by atoms with Crippen LogP contribution in [0, 0.1) is 0 Å². The van der Waals surface area contributed by atoms with E-state index >= 15 is 0 Å². The smallest absolute Gasteiger partial charge is 0.122 e. The second-order valence-corrected chi connectivity index (χ2v) is 3.49. The molecule has 0 aliphatic heterocycles. The predicted octanol–water partition coefficient (Wildman–Crippen LogP) is 3.45. The minimum absolute atomic E-state index is 0.736. The number of furan rings is 1. The minimum Gasteiger partial charge on any atom is -0.467 e. The molecule has 1 heterocycles. The van der Waals surface area contributed by atoms with E-state index in [4.69, 9.17) is 4.42 Å². The molecule has 0 fully saturated rings. The van der Waals surface area contributed by atoms with E-state index in [9.17, 15) is 0 Å². The van der Waals surface area contributed by atoms with E-state index in [1.165, 1.54) is 5.56 Å². The summed E-state index contributed by atoms with van der Waals surface area (Å²) >= 11 is 0. The summed E-state index contributed by atoms with van der Waals surface area (Å²) in [5.74, 6) is 0.955. The minimum atomic E-state index is 0.736. The Bertz CT molecular complexity index is 406. The van der Waals surface area contributed by atoms with Gasteiger partial charge >= 0.3 is 0 Å². The van der Waals surface area contributed by atoms with Gasteiger partial charge in [-0.1, -0.05) is 19.1 Å². The third-order valence-electron chi connectivity index (χ3n) is 2.38. The quantitative estimate of drug-likeness (QED) is 0.819. The van der Waals surface area contributed by atoms with Gasteiger partial charge in [0.15, 0.2) is 0 Å². The zero-order valence-corrected chi connectivity index (χ0v) is 8.86. The SMILES string of the molecule is CCc1cccc(NCc2ccco2)c1. The van der Waals surface area contributed by atoms with Crippen LogP contribution in [0.1, 0.15) is 18.2 Å². The van der Waals surface area contributed by atoms with Gasteiger partial charge in [0.2, 0.25) is 0 Å². The Morgan fingerprint density at radius 3 is 2.87 bits per heavy atom. The Morgan fingerprint density at radius 2 is 2.13 bits per heavy atom. The maximum absolute atomic E-state index is 5.25. The molecule has 0 amide bonds. The summed E-state index contributed by atoms with van der Waals surface area (Å²) in [5, 5.41) is 3.33. The van der Waals surface area contributed by atoms with Crippen LogP contribution in [0.3, 0.4) is 0 Å². The molecular formula is C13H15NO. The average Bonchev–Trinajstić information content (AvgIpc) is 2.79. The van der Waals surface area contributed by atoms with Gasteiger partial charge in [0, 0.05) is 5.69 Å². The Balaban J connectivity index is 1.98. The lowest BCUT2D eigenvalue weighted by Crippen LogP contribution is -1.98. The fraction of sp³-hybridized carbons (Fsp3) is 0.231. The summed E-state index contributed by atoms with van der Waals surface area (Å²) in [6.45, 7) is 2.89. The first kappa shape index (κ1) is 9.84. The lowest BCUT2D eigenvalue weighted by molar-refractivity contribution is 0.518. The number of hydrogen-bond donors (Lipinski definition) is 1. The fourth-order valence-electron chi connectivity index (χ4n) is 1.50. The normalized spacial score (nSPS) is 10.2. The zero-order chi connectivity index (χ0) is 10.5. The van der Waals surface area contributed by atoms with Gasteiger partial charge in [-0.05, 0) is 36.2 Å². The third kappa shape index (κ3) is 2.62. The van der Waals surface area contributed by atoms with E-state index in [2.05, 4.69) is 36.5 Å². The van der Waals surface area contributed by atoms with Crippen LogP contribution in [-0.4, -0.2) is 0 Å². The summed E-state index contributed by atoms with van der Waals surface area (Å²) in [6.07, 6.45) is 2.76. The second-order valence-electron chi connectivity index (χ2n) is 3.49. The van der Waals surface area contributed by atoms with E-state index in [1.54, 1.807) is 6.26 Å². The molecule has 0 atom stereocenters. The highest BCUT2D eigenvalue weighted by molar-refractivity contribution is 5.45. The first-order valence-corrected chi connectivity index (χ1v) is 5.23. The first-order valence-electron chi connectivity index (χ1n) is 5.23. The molecule has 0 saturated carbocycles. The predicted molar refractivity (Wildman–Crippen MR) is 61.9 cm³/mol. The molecule has 0 radical (unpaired) electrons. The first-order chi connectivity index (χ1) is 7.38. The van der Waals surface area contributed by atoms with Gasteiger partial charge in [-0.2, -0.15) is 0 Å². The molecule has 78 valence electrons. The molecule has 2 heteroatoms. The van der Waals surface area contributed by atoms with Crippen molar-refractivity contribution >= 4 is 5.69 Å². The van der Waals surface area contributed by atoms with Crippen LogP contribution in [0.15, 0.2) is 47.1 Å². The molecule has 0 saturated heterocycles. The average molecular weight is 201 g/mol. The highest BCUT2D eigenvalue weighted by atomic mass is 16.3. The van der Waals surface area contributed by atoms with E-state index in [0.717, 1.165) is 24.4 Å². The van der Waals surface area contributed by atoms with E-state index in [-0.39, 0.29) is 0 Å². The maximum Gasteiger partial charge on any atom is 0.122 e. The van der Waals surface area contributed by atoms with Gasteiger partial charge in [-0.15, -0.1) is 0 Å². The van der Waals surface area contributed by atoms with Crippen molar-refractivity contribution in [2.45, 2.75) is 19.9 Å². The Labute approximate surface area is 89.9 Å². The standard InChI is InChI=1S/C13H15NO/c1-2-11-5-3-6-12(9-11)14-10-13-7-4-8-15-13/h3-9,14H,2,10H2,1H3. The van der Waals surface area contributed by atoms with Crippen molar-refractivity contribution in [2.75, 3.05) is 5.32 Å². The molecule has 2 nitrogen and oxygen atoms in total. The molecule has 1 aromatic heterocycles. The number of anilines is 1. The van der Waals surface area contributed by atoms with Crippen molar-refractivity contribution in [3.63, 3.8) is 0 Å². The van der Waals surface area contributed by atoms with Gasteiger partial charge in [-0.25, -0.2) is 0 Å². The summed E-state index contributed by atoms with van der Waals surface area (Å²) in [7, 11) is 0. The van der Waals surface area contributed by atoms with E-state index < -0.39 is 0 Å². The summed E-state index contributed by atoms with van der Waals surface area (Å²) < 4.78 is 5.25. The molecule has 0 aliphatic carbocycles. The van der Waals surface area contributed by atoms with Gasteiger partial charge in [0.05, 0.1) is 12.8 Å². The maximum atomic E-state index is 5.25. The molecule has 1 aromatic carbocycles. The molecule has 15 heavy (non-hydrogen) atoms. The van der Waals surface area contributed by atoms with Crippen LogP contribution < -0.4 is 5.32 Å². The van der Waals surface area contributed by atoms with Gasteiger partial charge in [0.1, 0.15) is 5.76 Å². The van der Waals surface area contributed by atoms with Crippen LogP contribution in [-0.2, 0) is 13.0 Å². The van der Waals surface area contributed by atoms with Crippen molar-refractivity contribution in [2.24, 2.45) is 0 Å². The van der Waals surface area contributed by atoms with Gasteiger partial charge in [-0.3, -0.25) is 0 Å². The molecular weight excluding hydrogens is 186 g/mol. The third-order valence-corrected chi connectivity index (χ3v) is 2.38. The molecule has 2 aromatic rings. The van der Waals surface area contributed by atoms with Crippen LogP contribution in [0.25, 0.3) is 0 Å². The van der Waals surface area contributed by atoms with Gasteiger partial charge < -0.3 is 9.73 Å². The summed E-state index contributed by atoms with van der Waals surface area (Å²) in [5.41, 5.74) is 2.49. The van der Waals surface area contributed by atoms with Crippen molar-refractivity contribution in [1.29, 1.82) is 0 Å². The Kier molecular flexibility index (Phi) is 3.08. The Hall–Kier alpha value is -1.70. The number of aryl methyl sites for hydroxylation is 1. The molecule has 1 N–H and O–H groups in total. The van der Waals surface area contributed by atoms with Gasteiger partial charge in [0.25, 0.3) is 0 Å². The van der Waals surface area contributed by atoms with Crippen molar-refractivity contribution in [3.8, 4) is 0 Å². The van der Waals surface area contributed by atoms with Crippen LogP contribution in [0.5, 0.6) is 0 Å². The lowest BCUT2D eigenvalue weighted by Gasteiger charge is -2.05. The van der Waals surface area contributed by atoms with Crippen LogP contribution in [0.2, 0.25) is 0 Å². The second kappa shape index (κ2) is 4.69. The Morgan fingerprint density at radius 1 is 1.20 bits per heavy atom. The molecule has 0 aliphatic rings. The van der Waals surface area contributed by atoms with Crippen LogP contribution in [0.4, 0.5) is 5.69 Å². The van der Waals surface area contributed by atoms with Crippen molar-refractivity contribution in [1.82, 2.24) is 0 Å². The molecule has 2 rings (SSSR count). The van der Waals surface area contributed by atoms with Crippen LogP contribution >= 0.6 is 0 Å².